The van der Waals surface area contributed by atoms with Crippen molar-refractivity contribution < 1.29 is 16.0 Å². The maximum absolute atomic E-state index is 3.33. The fourth-order valence-corrected chi connectivity index (χ4v) is 5.34. The Labute approximate surface area is 109 Å². The van der Waals surface area contributed by atoms with Crippen molar-refractivity contribution in [2.45, 2.75) is 0 Å². The van der Waals surface area contributed by atoms with E-state index < -0.39 is 16.0 Å². The van der Waals surface area contributed by atoms with E-state index in [1.807, 2.05) is 18.6 Å². The van der Waals surface area contributed by atoms with E-state index in [4.69, 9.17) is 0 Å². The Morgan fingerprint density at radius 1 is 0.647 bits per heavy atom. The second kappa shape index (κ2) is 5.49. The molecule has 0 saturated heterocycles. The van der Waals surface area contributed by atoms with Crippen LogP contribution < -0.4 is 12.9 Å². The van der Waals surface area contributed by atoms with E-state index in [0.29, 0.717) is 0 Å². The van der Waals surface area contributed by atoms with Gasteiger partial charge in [-0.05, 0) is 0 Å². The van der Waals surface area contributed by atoms with Gasteiger partial charge in [-0.1, -0.05) is 0 Å². The molecule has 0 bridgehead atoms. The standard InChI is InChI=1S/3C4H4N.H3P.Rh/c3*1-2-4-5-3-1;;/h3*1-3,5H;1H3;. The van der Waals surface area contributed by atoms with E-state index in [1.165, 1.54) is 12.9 Å². The fourth-order valence-electron chi connectivity index (χ4n) is 1.50. The van der Waals surface area contributed by atoms with Gasteiger partial charge in [-0.2, -0.15) is 9.90 Å². The van der Waals surface area contributed by atoms with Crippen molar-refractivity contribution in [1.29, 1.82) is 0 Å². The van der Waals surface area contributed by atoms with Crippen molar-refractivity contribution in [3.8, 4) is 0 Å². The first-order valence-corrected chi connectivity index (χ1v) is 7.44. The Balaban J connectivity index is 0.00000108. The zero-order chi connectivity index (χ0) is 10.8. The van der Waals surface area contributed by atoms with Crippen molar-refractivity contribution in [2.24, 2.45) is 0 Å². The number of rotatable bonds is 3. The van der Waals surface area contributed by atoms with Crippen molar-refractivity contribution >= 4 is 22.8 Å². The number of hydrogen-bond acceptors (Lipinski definition) is 0. The molecule has 0 aliphatic carbocycles. The second-order valence-corrected chi connectivity index (χ2v) is 7.11. The van der Waals surface area contributed by atoms with E-state index >= 15 is 0 Å². The van der Waals surface area contributed by atoms with Crippen LogP contribution in [-0.4, -0.2) is 15.0 Å². The van der Waals surface area contributed by atoms with Gasteiger partial charge in [0.2, 0.25) is 0 Å². The third-order valence-corrected chi connectivity index (χ3v) is 6.35. The fraction of sp³-hybridized carbons (Fsp3) is 0. The maximum atomic E-state index is 3.33. The number of hydrogen-bond donors (Lipinski definition) is 3. The van der Waals surface area contributed by atoms with E-state index in [9.17, 15) is 0 Å². The number of nitrogens with one attached hydrogen (secondary N) is 3. The molecule has 17 heavy (non-hydrogen) atoms. The van der Waals surface area contributed by atoms with Crippen LogP contribution in [0.15, 0.2) is 55.0 Å². The minimum atomic E-state index is -1.23. The molecule has 0 amide bonds. The molecule has 5 heteroatoms. The molecule has 3 aromatic heterocycles. The molecule has 3 N–H and O–H groups in total. The first kappa shape index (κ1) is 12.4. The molecule has 0 radical (unpaired) electrons. The van der Waals surface area contributed by atoms with Crippen LogP contribution in [0, 0.1) is 0 Å². The molecule has 1 atom stereocenters. The van der Waals surface area contributed by atoms with Gasteiger partial charge in [0.05, 0.1) is 0 Å². The zero-order valence-electron chi connectivity index (χ0n) is 9.24. The molecule has 0 fully saturated rings. The topological polar surface area (TPSA) is 47.4 Å². The summed E-state index contributed by atoms with van der Waals surface area (Å²) < 4.78 is 3.95. The van der Waals surface area contributed by atoms with Gasteiger partial charge in [0, 0.05) is 0 Å². The Morgan fingerprint density at radius 2 is 1.00 bits per heavy atom. The van der Waals surface area contributed by atoms with Crippen LogP contribution in [0.3, 0.4) is 0 Å². The molecule has 0 aliphatic heterocycles. The summed E-state index contributed by atoms with van der Waals surface area (Å²) in [7, 11) is 0. The van der Waals surface area contributed by atoms with Crippen LogP contribution in [0.4, 0.5) is 0 Å². The van der Waals surface area contributed by atoms with E-state index in [0.717, 1.165) is 0 Å². The molecule has 3 rings (SSSR count). The van der Waals surface area contributed by atoms with Gasteiger partial charge in [0.15, 0.2) is 0 Å². The summed E-state index contributed by atoms with van der Waals surface area (Å²) in [5.41, 5.74) is 0. The quantitative estimate of drug-likeness (QED) is 0.464. The Kier molecular flexibility index (Phi) is 3.99. The van der Waals surface area contributed by atoms with Crippen LogP contribution in [0.25, 0.3) is 0 Å². The Bertz CT molecular complexity index is 447. The third kappa shape index (κ3) is 2.43. The van der Waals surface area contributed by atoms with Gasteiger partial charge in [-0.3, -0.25) is 0 Å². The van der Waals surface area contributed by atoms with E-state index in [1.54, 1.807) is 0 Å². The van der Waals surface area contributed by atoms with Gasteiger partial charge in [-0.15, -0.1) is 0 Å². The SMILES string of the molecule is P.c1c[nH][c]([Rh]([c]2ccc[nH]2)[c]2ccc[nH]2)c1. The Morgan fingerprint density at radius 3 is 1.24 bits per heavy atom. The zero-order valence-corrected chi connectivity index (χ0v) is 12.3. The van der Waals surface area contributed by atoms with E-state index in [2.05, 4.69) is 51.4 Å². The summed E-state index contributed by atoms with van der Waals surface area (Å²) in [6, 6.07) is 12.6. The molecular weight excluding hydrogens is 320 g/mol. The molecule has 92 valence electrons. The first-order chi connectivity index (χ1) is 7.95. The van der Waals surface area contributed by atoms with Gasteiger partial charge < -0.3 is 0 Å². The predicted molar refractivity (Wildman–Crippen MR) is 72.4 cm³/mol. The molecular formula is C12H15N3PRh. The average molecular weight is 335 g/mol. The van der Waals surface area contributed by atoms with Crippen LogP contribution in [0.5, 0.6) is 0 Å². The van der Waals surface area contributed by atoms with Crippen LogP contribution >= 0.6 is 9.90 Å². The molecule has 0 aromatic carbocycles. The van der Waals surface area contributed by atoms with E-state index in [-0.39, 0.29) is 9.90 Å². The number of aromatic amines is 3. The van der Waals surface area contributed by atoms with Crippen LogP contribution in [0.2, 0.25) is 0 Å². The normalized spacial score (nSPS) is 10.9. The van der Waals surface area contributed by atoms with Crippen molar-refractivity contribution in [1.82, 2.24) is 15.0 Å². The minimum absolute atomic E-state index is 0. The molecule has 3 nitrogen and oxygen atoms in total. The van der Waals surface area contributed by atoms with Gasteiger partial charge in [0.25, 0.3) is 0 Å². The van der Waals surface area contributed by atoms with Gasteiger partial charge >= 0.3 is 98.8 Å². The Hall–Kier alpha value is -1.11. The summed E-state index contributed by atoms with van der Waals surface area (Å²) in [6.07, 6.45) is 5.96. The van der Waals surface area contributed by atoms with Gasteiger partial charge in [0.1, 0.15) is 0 Å². The summed E-state index contributed by atoms with van der Waals surface area (Å²) in [4.78, 5) is 9.99. The summed E-state index contributed by atoms with van der Waals surface area (Å²) >= 11 is -1.23. The van der Waals surface area contributed by atoms with Crippen molar-refractivity contribution in [3.63, 3.8) is 0 Å². The van der Waals surface area contributed by atoms with Crippen molar-refractivity contribution in [3.05, 3.63) is 55.0 Å². The summed E-state index contributed by atoms with van der Waals surface area (Å²) in [5.74, 6) is 0. The molecule has 3 heterocycles. The number of H-pyrrole nitrogens is 3. The van der Waals surface area contributed by atoms with Crippen LogP contribution in [-0.2, 0) is 16.0 Å². The first-order valence-electron chi connectivity index (χ1n) is 4.98. The second-order valence-electron chi connectivity index (χ2n) is 3.23. The molecule has 0 spiro atoms. The van der Waals surface area contributed by atoms with Crippen LogP contribution in [0.1, 0.15) is 0 Å². The van der Waals surface area contributed by atoms with Gasteiger partial charge in [-0.25, -0.2) is 0 Å². The average Bonchev–Trinajstić information content (AvgIpc) is 3.02. The molecule has 0 saturated carbocycles. The monoisotopic (exact) mass is 335 g/mol. The van der Waals surface area contributed by atoms with Crippen molar-refractivity contribution in [2.75, 3.05) is 0 Å². The number of aromatic nitrogens is 3. The third-order valence-electron chi connectivity index (χ3n) is 2.18. The molecule has 1 unspecified atom stereocenters. The predicted octanol–water partition coefficient (Wildman–Crippen LogP) is 0.623. The molecule has 0 aliphatic rings. The summed E-state index contributed by atoms with van der Waals surface area (Å²) in [6.45, 7) is 0. The summed E-state index contributed by atoms with van der Waals surface area (Å²) in [5, 5.41) is 0. The molecule has 3 aromatic rings.